The molecule has 2 aromatic rings. The number of Topliss-reactive ketones (excluding diaryl/α,β-unsaturated/α-hetero) is 1. The number of benzene rings is 2. The van der Waals surface area contributed by atoms with E-state index in [4.69, 9.17) is 0 Å². The molecule has 2 N–H and O–H groups in total. The fraction of sp³-hybridized carbons (Fsp3) is 0.273. The Morgan fingerprint density at radius 2 is 1.55 bits per heavy atom. The molecule has 1 amide bonds. The Morgan fingerprint density at radius 1 is 1.00 bits per heavy atom. The number of hydrogen-bond acceptors (Lipinski definition) is 3. The first-order valence-electron chi connectivity index (χ1n) is 9.38. The number of rotatable bonds is 6. The van der Waals surface area contributed by atoms with Crippen molar-refractivity contribution < 1.29 is 28.4 Å². The van der Waals surface area contributed by atoms with Gasteiger partial charge in [-0.25, -0.2) is 8.78 Å². The molecule has 0 saturated carbocycles. The lowest BCUT2D eigenvalue weighted by Gasteiger charge is -2.25. The van der Waals surface area contributed by atoms with Crippen molar-refractivity contribution in [2.24, 2.45) is 0 Å². The predicted octanol–water partition coefficient (Wildman–Crippen LogP) is 1.92. The maximum absolute atomic E-state index is 13.4. The van der Waals surface area contributed by atoms with Gasteiger partial charge in [-0.2, -0.15) is 0 Å². The van der Waals surface area contributed by atoms with E-state index in [0.29, 0.717) is 18.5 Å². The highest BCUT2D eigenvalue weighted by Crippen LogP contribution is 2.39. The number of halogens is 2. The van der Waals surface area contributed by atoms with E-state index in [-0.39, 0.29) is 16.9 Å². The fourth-order valence-electron chi connectivity index (χ4n) is 3.47. The molecule has 0 bridgehead atoms. The van der Waals surface area contributed by atoms with Gasteiger partial charge in [-0.3, -0.25) is 9.59 Å². The van der Waals surface area contributed by atoms with Crippen molar-refractivity contribution in [2.75, 3.05) is 27.2 Å². The molecule has 1 fully saturated rings. The van der Waals surface area contributed by atoms with E-state index in [1.165, 1.54) is 46.2 Å². The van der Waals surface area contributed by atoms with E-state index < -0.39 is 29.4 Å². The van der Waals surface area contributed by atoms with Crippen molar-refractivity contribution in [3.05, 3.63) is 76.9 Å². The molecule has 0 aromatic heterocycles. The van der Waals surface area contributed by atoms with Gasteiger partial charge in [-0.05, 0) is 42.0 Å². The van der Waals surface area contributed by atoms with Crippen LogP contribution in [0.25, 0.3) is 5.76 Å². The first-order valence-corrected chi connectivity index (χ1v) is 9.38. The van der Waals surface area contributed by atoms with Gasteiger partial charge < -0.3 is 14.9 Å². The largest absolute Gasteiger partial charge is 0.507 e. The zero-order valence-electron chi connectivity index (χ0n) is 16.3. The molecular formula is C22H23F2N2O3+. The number of amides is 1. The number of hydrogen-bond donors (Lipinski definition) is 2. The van der Waals surface area contributed by atoms with Crippen LogP contribution in [-0.2, 0) is 9.59 Å². The van der Waals surface area contributed by atoms with Crippen LogP contribution in [0.15, 0.2) is 54.1 Å². The van der Waals surface area contributed by atoms with Gasteiger partial charge in [0.2, 0.25) is 0 Å². The minimum absolute atomic E-state index is 0.0783. The molecule has 0 spiro atoms. The van der Waals surface area contributed by atoms with E-state index in [1.807, 2.05) is 14.1 Å². The monoisotopic (exact) mass is 401 g/mol. The Hall–Kier alpha value is -3.06. The van der Waals surface area contributed by atoms with Crippen molar-refractivity contribution >= 4 is 17.4 Å². The van der Waals surface area contributed by atoms with Gasteiger partial charge in [0.1, 0.15) is 17.4 Å². The third kappa shape index (κ3) is 4.35. The molecule has 1 saturated heterocycles. The lowest BCUT2D eigenvalue weighted by atomic mass is 9.95. The summed E-state index contributed by atoms with van der Waals surface area (Å²) in [5.74, 6) is -2.82. The maximum Gasteiger partial charge on any atom is 0.295 e. The standard InChI is InChI=1S/C22H22F2N2O3/c1-25(2)12-3-13-26-19(14-4-8-16(23)9-5-14)18(21(28)22(26)29)20(27)15-6-10-17(24)11-7-15/h4-11,19,27H,3,12-13H2,1-2H3/p+1/t19-/m0/s1. The van der Waals surface area contributed by atoms with Gasteiger partial charge >= 0.3 is 0 Å². The minimum Gasteiger partial charge on any atom is -0.507 e. The molecule has 1 aliphatic rings. The SMILES string of the molecule is C[NH+](C)CCCN1C(=O)C(=O)C(=C(O)c2ccc(F)cc2)[C@@H]1c1ccc(F)cc1. The Bertz CT molecular complexity index is 938. The smallest absolute Gasteiger partial charge is 0.295 e. The number of carbonyl (C=O) groups is 2. The van der Waals surface area contributed by atoms with Crippen molar-refractivity contribution in [1.29, 1.82) is 0 Å². The summed E-state index contributed by atoms with van der Waals surface area (Å²) in [6.45, 7) is 1.11. The predicted molar refractivity (Wildman–Crippen MR) is 104 cm³/mol. The molecule has 7 heteroatoms. The highest BCUT2D eigenvalue weighted by Gasteiger charge is 2.45. The lowest BCUT2D eigenvalue weighted by molar-refractivity contribution is -0.858. The number of quaternary nitrogens is 1. The first kappa shape index (κ1) is 20.7. The minimum atomic E-state index is -0.835. The second-order valence-corrected chi connectivity index (χ2v) is 7.36. The second-order valence-electron chi connectivity index (χ2n) is 7.36. The summed E-state index contributed by atoms with van der Waals surface area (Å²) in [4.78, 5) is 28.1. The summed E-state index contributed by atoms with van der Waals surface area (Å²) in [7, 11) is 3.97. The van der Waals surface area contributed by atoms with Crippen LogP contribution in [0.3, 0.4) is 0 Å². The molecule has 0 radical (unpaired) electrons. The Kier molecular flexibility index (Phi) is 6.08. The molecule has 3 rings (SSSR count). The summed E-state index contributed by atoms with van der Waals surface area (Å²) >= 11 is 0. The summed E-state index contributed by atoms with van der Waals surface area (Å²) in [6.07, 6.45) is 0.656. The molecule has 29 heavy (non-hydrogen) atoms. The third-order valence-electron chi connectivity index (χ3n) is 4.92. The van der Waals surface area contributed by atoms with Crippen LogP contribution in [-0.4, -0.2) is 48.9 Å². The second kappa shape index (κ2) is 8.53. The highest BCUT2D eigenvalue weighted by molar-refractivity contribution is 6.46. The van der Waals surface area contributed by atoms with Crippen LogP contribution < -0.4 is 4.90 Å². The Balaban J connectivity index is 2.07. The van der Waals surface area contributed by atoms with Crippen LogP contribution in [0.4, 0.5) is 8.78 Å². The average Bonchev–Trinajstić information content (AvgIpc) is 2.93. The van der Waals surface area contributed by atoms with Gasteiger partial charge in [0, 0.05) is 18.5 Å². The number of likely N-dealkylation sites (tertiary alicyclic amines) is 1. The van der Waals surface area contributed by atoms with Crippen molar-refractivity contribution in [3.63, 3.8) is 0 Å². The Labute approximate surface area is 167 Å². The third-order valence-corrected chi connectivity index (χ3v) is 4.92. The van der Waals surface area contributed by atoms with Crippen molar-refractivity contribution in [2.45, 2.75) is 12.5 Å². The number of nitrogens with one attached hydrogen (secondary N) is 1. The molecule has 1 heterocycles. The average molecular weight is 401 g/mol. The van der Waals surface area contributed by atoms with Gasteiger partial charge in [0.15, 0.2) is 0 Å². The van der Waals surface area contributed by atoms with Crippen LogP contribution >= 0.6 is 0 Å². The summed E-state index contributed by atoms with van der Waals surface area (Å²) in [5.41, 5.74) is 0.672. The van der Waals surface area contributed by atoms with E-state index in [2.05, 4.69) is 0 Å². The number of ketones is 1. The number of nitrogens with zero attached hydrogens (tertiary/aromatic N) is 1. The van der Waals surface area contributed by atoms with Crippen molar-refractivity contribution in [3.8, 4) is 0 Å². The molecule has 2 aromatic carbocycles. The Morgan fingerprint density at radius 3 is 2.10 bits per heavy atom. The normalized spacial score (nSPS) is 18.7. The van der Waals surface area contributed by atoms with E-state index in [0.717, 1.165) is 18.7 Å². The molecule has 0 aliphatic carbocycles. The van der Waals surface area contributed by atoms with Gasteiger partial charge in [0.05, 0.1) is 32.3 Å². The number of aliphatic hydroxyl groups is 1. The van der Waals surface area contributed by atoms with Crippen LogP contribution in [0.1, 0.15) is 23.6 Å². The van der Waals surface area contributed by atoms with Crippen molar-refractivity contribution in [1.82, 2.24) is 4.90 Å². The lowest BCUT2D eigenvalue weighted by Crippen LogP contribution is -3.05. The van der Waals surface area contributed by atoms with Gasteiger partial charge in [-0.15, -0.1) is 0 Å². The molecule has 1 aliphatic heterocycles. The van der Waals surface area contributed by atoms with Gasteiger partial charge in [0.25, 0.3) is 11.7 Å². The molecule has 5 nitrogen and oxygen atoms in total. The van der Waals surface area contributed by atoms with Crippen LogP contribution in [0.2, 0.25) is 0 Å². The molecule has 1 atom stereocenters. The quantitative estimate of drug-likeness (QED) is 0.442. The highest BCUT2D eigenvalue weighted by atomic mass is 19.1. The number of aliphatic hydroxyl groups excluding tert-OH is 1. The zero-order chi connectivity index (χ0) is 21.1. The van der Waals surface area contributed by atoms with E-state index >= 15 is 0 Å². The first-order chi connectivity index (χ1) is 13.8. The maximum atomic E-state index is 13.4. The van der Waals surface area contributed by atoms with Crippen LogP contribution in [0.5, 0.6) is 0 Å². The fourth-order valence-corrected chi connectivity index (χ4v) is 3.47. The van der Waals surface area contributed by atoms with Gasteiger partial charge in [-0.1, -0.05) is 12.1 Å². The summed E-state index contributed by atoms with van der Waals surface area (Å²) in [6, 6.07) is 9.66. The topological polar surface area (TPSA) is 62.0 Å². The van der Waals surface area contributed by atoms with E-state index in [9.17, 15) is 23.5 Å². The molecule has 152 valence electrons. The summed E-state index contributed by atoms with van der Waals surface area (Å²) < 4.78 is 26.7. The van der Waals surface area contributed by atoms with Crippen LogP contribution in [0, 0.1) is 11.6 Å². The number of carbonyl (C=O) groups excluding carboxylic acids is 2. The molecular weight excluding hydrogens is 378 g/mol. The summed E-state index contributed by atoms with van der Waals surface area (Å²) in [5, 5.41) is 10.8. The zero-order valence-corrected chi connectivity index (χ0v) is 16.3. The van der Waals surface area contributed by atoms with E-state index in [1.54, 1.807) is 0 Å². The molecule has 0 unspecified atom stereocenters.